The second-order valence-corrected chi connectivity index (χ2v) is 8.12. The molecule has 0 radical (unpaired) electrons. The van der Waals surface area contributed by atoms with Gasteiger partial charge in [-0.1, -0.05) is 47.2 Å². The summed E-state index contributed by atoms with van der Waals surface area (Å²) in [6.07, 6.45) is 1.75. The third-order valence-electron chi connectivity index (χ3n) is 4.78. The number of carbonyl (C=O) groups is 1. The van der Waals surface area contributed by atoms with Gasteiger partial charge in [0.2, 0.25) is 0 Å². The van der Waals surface area contributed by atoms with Gasteiger partial charge in [-0.05, 0) is 48.4 Å². The number of rotatable bonds is 3. The molecule has 0 unspecified atom stereocenters. The third-order valence-corrected chi connectivity index (χ3v) is 6.02. The molecule has 0 bridgehead atoms. The highest BCUT2D eigenvalue weighted by Gasteiger charge is 2.33. The van der Waals surface area contributed by atoms with Gasteiger partial charge in [0, 0.05) is 5.02 Å². The predicted octanol–water partition coefficient (Wildman–Crippen LogP) is 3.20. The Kier molecular flexibility index (Phi) is 5.40. The van der Waals surface area contributed by atoms with Crippen LogP contribution >= 0.6 is 22.9 Å². The first-order chi connectivity index (χ1) is 14.4. The maximum absolute atomic E-state index is 13.5. The van der Waals surface area contributed by atoms with Crippen molar-refractivity contribution in [2.45, 2.75) is 13.0 Å². The van der Waals surface area contributed by atoms with E-state index in [1.807, 2.05) is 12.1 Å². The Morgan fingerprint density at radius 2 is 1.87 bits per heavy atom. The van der Waals surface area contributed by atoms with E-state index in [0.29, 0.717) is 25.6 Å². The molecule has 0 fully saturated rings. The lowest BCUT2D eigenvalue weighted by atomic mass is 9.96. The van der Waals surface area contributed by atoms with E-state index >= 15 is 0 Å². The first-order valence-corrected chi connectivity index (χ1v) is 10.2. The quantitative estimate of drug-likeness (QED) is 0.585. The molecule has 0 amide bonds. The first-order valence-electron chi connectivity index (χ1n) is 9.01. The van der Waals surface area contributed by atoms with E-state index in [0.717, 1.165) is 5.56 Å². The summed E-state index contributed by atoms with van der Waals surface area (Å²) in [6.45, 7) is 1.69. The molecule has 152 valence electrons. The Balaban J connectivity index is 1.96. The van der Waals surface area contributed by atoms with Crippen LogP contribution in [0.2, 0.25) is 5.02 Å². The van der Waals surface area contributed by atoms with E-state index in [1.54, 1.807) is 37.3 Å². The van der Waals surface area contributed by atoms with Crippen LogP contribution in [0.5, 0.6) is 0 Å². The monoisotopic (exact) mass is 442 g/mol. The zero-order chi connectivity index (χ0) is 21.4. The standard InChI is InChI=1S/C22H16ClFN2O3S/c1-12-18(21(28)29-2)19(14-5-9-16(24)10-6-14)26-20(27)17(30-22(26)25-12)11-13-3-7-15(23)8-4-13/h3-11,19H,1-2H3/b17-11-/t19-/m1/s1. The summed E-state index contributed by atoms with van der Waals surface area (Å²) < 4.78 is 20.4. The molecule has 5 nitrogen and oxygen atoms in total. The van der Waals surface area contributed by atoms with Crippen molar-refractivity contribution in [3.05, 3.63) is 101 Å². The van der Waals surface area contributed by atoms with Gasteiger partial charge in [0.1, 0.15) is 5.82 Å². The lowest BCUT2D eigenvalue weighted by molar-refractivity contribution is -0.136. The van der Waals surface area contributed by atoms with Gasteiger partial charge in [-0.25, -0.2) is 14.2 Å². The molecule has 1 aliphatic heterocycles. The Bertz CT molecular complexity index is 1340. The van der Waals surface area contributed by atoms with Gasteiger partial charge in [0.25, 0.3) is 5.56 Å². The molecule has 1 atom stereocenters. The fourth-order valence-corrected chi connectivity index (χ4v) is 4.54. The van der Waals surface area contributed by atoms with Gasteiger partial charge in [0.15, 0.2) is 4.80 Å². The minimum Gasteiger partial charge on any atom is -0.466 e. The predicted molar refractivity (Wildman–Crippen MR) is 114 cm³/mol. The van der Waals surface area contributed by atoms with Crippen LogP contribution in [0.25, 0.3) is 6.08 Å². The van der Waals surface area contributed by atoms with Crippen molar-refractivity contribution in [2.24, 2.45) is 4.99 Å². The summed E-state index contributed by atoms with van der Waals surface area (Å²) in [5.74, 6) is -0.994. The van der Waals surface area contributed by atoms with E-state index < -0.39 is 17.8 Å². The summed E-state index contributed by atoms with van der Waals surface area (Å²) in [6, 6.07) is 12.0. The number of benzene rings is 2. The van der Waals surface area contributed by atoms with Crippen LogP contribution in [0.4, 0.5) is 4.39 Å². The molecule has 30 heavy (non-hydrogen) atoms. The molecule has 0 aliphatic carbocycles. The average Bonchev–Trinajstić information content (AvgIpc) is 3.03. The fraction of sp³-hybridized carbons (Fsp3) is 0.136. The molecule has 3 aromatic rings. The van der Waals surface area contributed by atoms with Gasteiger partial charge < -0.3 is 4.74 Å². The maximum atomic E-state index is 13.5. The largest absolute Gasteiger partial charge is 0.466 e. The van der Waals surface area contributed by atoms with Crippen molar-refractivity contribution >= 4 is 35.0 Å². The maximum Gasteiger partial charge on any atom is 0.338 e. The van der Waals surface area contributed by atoms with Crippen molar-refractivity contribution in [3.63, 3.8) is 0 Å². The smallest absolute Gasteiger partial charge is 0.338 e. The number of carbonyl (C=O) groups excluding carboxylic acids is 1. The number of hydrogen-bond donors (Lipinski definition) is 0. The summed E-state index contributed by atoms with van der Waals surface area (Å²) in [5, 5.41) is 0.600. The highest BCUT2D eigenvalue weighted by Crippen LogP contribution is 2.30. The zero-order valence-corrected chi connectivity index (χ0v) is 17.6. The lowest BCUT2D eigenvalue weighted by Gasteiger charge is -2.24. The van der Waals surface area contributed by atoms with Crippen molar-refractivity contribution in [2.75, 3.05) is 7.11 Å². The van der Waals surface area contributed by atoms with Crippen molar-refractivity contribution in [3.8, 4) is 0 Å². The fourth-order valence-electron chi connectivity index (χ4n) is 3.36. The van der Waals surface area contributed by atoms with Crippen LogP contribution in [0, 0.1) is 5.82 Å². The summed E-state index contributed by atoms with van der Waals surface area (Å²) >= 11 is 7.16. The molecular weight excluding hydrogens is 427 g/mol. The minimum atomic E-state index is -0.762. The van der Waals surface area contributed by atoms with Crippen molar-refractivity contribution in [1.29, 1.82) is 0 Å². The van der Waals surface area contributed by atoms with Crippen LogP contribution in [0.3, 0.4) is 0 Å². The van der Waals surface area contributed by atoms with E-state index in [2.05, 4.69) is 4.99 Å². The highest BCUT2D eigenvalue weighted by molar-refractivity contribution is 7.07. The SMILES string of the molecule is COC(=O)C1=C(C)N=c2s/c(=C\c3ccc(Cl)cc3)c(=O)n2[C@@H]1c1ccc(F)cc1. The van der Waals surface area contributed by atoms with Crippen LogP contribution < -0.4 is 14.9 Å². The number of allylic oxidation sites excluding steroid dienone is 1. The number of nitrogens with zero attached hydrogens (tertiary/aromatic N) is 2. The van der Waals surface area contributed by atoms with Gasteiger partial charge in [-0.2, -0.15) is 0 Å². The summed E-state index contributed by atoms with van der Waals surface area (Å²) in [5.41, 5.74) is 1.80. The molecule has 0 N–H and O–H groups in total. The van der Waals surface area contributed by atoms with E-state index in [4.69, 9.17) is 16.3 Å². The molecule has 8 heteroatoms. The number of hydrogen-bond acceptors (Lipinski definition) is 5. The number of halogens is 2. The van der Waals surface area contributed by atoms with Crippen molar-refractivity contribution < 1.29 is 13.9 Å². The highest BCUT2D eigenvalue weighted by atomic mass is 35.5. The van der Waals surface area contributed by atoms with Crippen LogP contribution in [0.1, 0.15) is 24.1 Å². The molecule has 1 aromatic heterocycles. The Morgan fingerprint density at radius 3 is 2.50 bits per heavy atom. The van der Waals surface area contributed by atoms with Gasteiger partial charge in [0.05, 0.1) is 29.0 Å². The molecule has 0 saturated heterocycles. The molecular formula is C22H16ClFN2O3S. The van der Waals surface area contributed by atoms with Gasteiger partial charge >= 0.3 is 5.97 Å². The lowest BCUT2D eigenvalue weighted by Crippen LogP contribution is -2.39. The van der Waals surface area contributed by atoms with Gasteiger partial charge in [-0.3, -0.25) is 9.36 Å². The number of aromatic nitrogens is 1. The van der Waals surface area contributed by atoms with E-state index in [1.165, 1.54) is 35.1 Å². The molecule has 4 rings (SSSR count). The Labute approximate surface area is 180 Å². The van der Waals surface area contributed by atoms with Crippen LogP contribution in [0.15, 0.2) is 69.6 Å². The molecule has 1 aliphatic rings. The first kappa shape index (κ1) is 20.3. The van der Waals surface area contributed by atoms with Crippen molar-refractivity contribution in [1.82, 2.24) is 4.57 Å². The molecule has 2 heterocycles. The molecule has 0 spiro atoms. The number of fused-ring (bicyclic) bond motifs is 1. The van der Waals surface area contributed by atoms with Crippen LogP contribution in [-0.2, 0) is 9.53 Å². The minimum absolute atomic E-state index is 0.245. The number of methoxy groups -OCH3 is 1. The number of thiazole rings is 1. The zero-order valence-electron chi connectivity index (χ0n) is 16.1. The summed E-state index contributed by atoms with van der Waals surface area (Å²) in [7, 11) is 1.27. The second kappa shape index (κ2) is 8.01. The average molecular weight is 443 g/mol. The topological polar surface area (TPSA) is 60.7 Å². The molecule has 2 aromatic carbocycles. The second-order valence-electron chi connectivity index (χ2n) is 6.68. The Hall–Kier alpha value is -3.03. The Morgan fingerprint density at radius 1 is 1.20 bits per heavy atom. The van der Waals surface area contributed by atoms with E-state index in [-0.39, 0.29) is 11.1 Å². The number of ether oxygens (including phenoxy) is 1. The molecule has 0 saturated carbocycles. The summed E-state index contributed by atoms with van der Waals surface area (Å²) in [4.78, 5) is 30.8. The number of esters is 1. The van der Waals surface area contributed by atoms with E-state index in [9.17, 15) is 14.0 Å². The normalized spacial score (nSPS) is 16.3. The third kappa shape index (κ3) is 3.62. The van der Waals surface area contributed by atoms with Crippen LogP contribution in [-0.4, -0.2) is 17.6 Å². The van der Waals surface area contributed by atoms with Gasteiger partial charge in [-0.15, -0.1) is 0 Å².